The molecule has 0 bridgehead atoms. The average molecular weight is 363 g/mol. The van der Waals surface area contributed by atoms with Crippen LogP contribution in [0.4, 0.5) is 11.4 Å². The lowest BCUT2D eigenvalue weighted by molar-refractivity contribution is -0.384. The second-order valence-electron chi connectivity index (χ2n) is 4.53. The molecule has 0 unspecified atom stereocenters. The van der Waals surface area contributed by atoms with E-state index >= 15 is 0 Å². The quantitative estimate of drug-likeness (QED) is 0.513. The molecule has 106 valence electrons. The smallest absolute Gasteiger partial charge is 0.270 e. The first kappa shape index (κ1) is 14.0. The van der Waals surface area contributed by atoms with Crippen molar-refractivity contribution >= 4 is 48.7 Å². The SMILES string of the molecule is O=[N+]([O-])c1ccc(NCc2csc3ccccc23)c(Br)c1. The number of anilines is 1. The molecule has 0 saturated heterocycles. The van der Waals surface area contributed by atoms with Gasteiger partial charge in [-0.2, -0.15) is 0 Å². The molecule has 1 aromatic heterocycles. The highest BCUT2D eigenvalue weighted by atomic mass is 79.9. The van der Waals surface area contributed by atoms with Crippen molar-refractivity contribution in [3.63, 3.8) is 0 Å². The van der Waals surface area contributed by atoms with Crippen molar-refractivity contribution < 1.29 is 4.92 Å². The average Bonchev–Trinajstić information content (AvgIpc) is 2.89. The summed E-state index contributed by atoms with van der Waals surface area (Å²) in [6, 6.07) is 13.0. The normalized spacial score (nSPS) is 10.7. The van der Waals surface area contributed by atoms with Crippen molar-refractivity contribution in [2.75, 3.05) is 5.32 Å². The topological polar surface area (TPSA) is 55.2 Å². The van der Waals surface area contributed by atoms with E-state index in [2.05, 4.69) is 38.8 Å². The van der Waals surface area contributed by atoms with E-state index in [4.69, 9.17) is 0 Å². The third-order valence-corrected chi connectivity index (χ3v) is 4.86. The summed E-state index contributed by atoms with van der Waals surface area (Å²) in [6.45, 7) is 0.681. The second-order valence-corrected chi connectivity index (χ2v) is 6.30. The van der Waals surface area contributed by atoms with Crippen LogP contribution in [0.2, 0.25) is 0 Å². The molecule has 21 heavy (non-hydrogen) atoms. The molecule has 4 nitrogen and oxygen atoms in total. The van der Waals surface area contributed by atoms with Gasteiger partial charge >= 0.3 is 0 Å². The van der Waals surface area contributed by atoms with Gasteiger partial charge in [0.2, 0.25) is 0 Å². The lowest BCUT2D eigenvalue weighted by atomic mass is 10.2. The molecule has 0 radical (unpaired) electrons. The van der Waals surface area contributed by atoms with E-state index in [1.807, 2.05) is 12.1 Å². The molecule has 1 heterocycles. The van der Waals surface area contributed by atoms with E-state index in [-0.39, 0.29) is 5.69 Å². The van der Waals surface area contributed by atoms with Gasteiger partial charge in [-0.25, -0.2) is 0 Å². The minimum absolute atomic E-state index is 0.0772. The fourth-order valence-corrected chi connectivity index (χ4v) is 3.59. The Bertz CT molecular complexity index is 816. The lowest BCUT2D eigenvalue weighted by Crippen LogP contribution is -1.99. The molecule has 3 aromatic rings. The molecule has 3 rings (SSSR count). The van der Waals surface area contributed by atoms with Gasteiger partial charge in [0, 0.05) is 33.5 Å². The zero-order chi connectivity index (χ0) is 14.8. The highest BCUT2D eigenvalue weighted by Gasteiger charge is 2.09. The maximum absolute atomic E-state index is 10.7. The van der Waals surface area contributed by atoms with Crippen molar-refractivity contribution in [1.29, 1.82) is 0 Å². The molecule has 0 fully saturated rings. The molecule has 0 spiro atoms. The zero-order valence-corrected chi connectivity index (χ0v) is 13.3. The van der Waals surface area contributed by atoms with Crippen LogP contribution in [0.15, 0.2) is 52.3 Å². The molecule has 0 aliphatic rings. The molecule has 0 aliphatic heterocycles. The van der Waals surface area contributed by atoms with E-state index in [1.165, 1.54) is 27.8 Å². The Balaban J connectivity index is 1.80. The highest BCUT2D eigenvalue weighted by molar-refractivity contribution is 9.10. The third kappa shape index (κ3) is 2.91. The lowest BCUT2D eigenvalue weighted by Gasteiger charge is -2.08. The van der Waals surface area contributed by atoms with Crippen molar-refractivity contribution in [3.8, 4) is 0 Å². The summed E-state index contributed by atoms with van der Waals surface area (Å²) >= 11 is 5.08. The maximum atomic E-state index is 10.7. The molecule has 0 atom stereocenters. The highest BCUT2D eigenvalue weighted by Crippen LogP contribution is 2.30. The first-order valence-electron chi connectivity index (χ1n) is 6.28. The van der Waals surface area contributed by atoms with Crippen LogP contribution < -0.4 is 5.32 Å². The summed E-state index contributed by atoms with van der Waals surface area (Å²) in [5, 5.41) is 17.4. The Labute approximate surface area is 133 Å². The van der Waals surface area contributed by atoms with Gasteiger partial charge < -0.3 is 5.32 Å². The van der Waals surface area contributed by atoms with Gasteiger partial charge in [-0.05, 0) is 44.4 Å². The Hall–Kier alpha value is -1.92. The van der Waals surface area contributed by atoms with Gasteiger partial charge in [0.15, 0.2) is 0 Å². The van der Waals surface area contributed by atoms with Crippen LogP contribution in [-0.2, 0) is 6.54 Å². The fraction of sp³-hybridized carbons (Fsp3) is 0.0667. The number of hydrogen-bond donors (Lipinski definition) is 1. The minimum Gasteiger partial charge on any atom is -0.380 e. The number of nitro groups is 1. The molecule has 6 heteroatoms. The summed E-state index contributed by atoms with van der Waals surface area (Å²) in [5.41, 5.74) is 2.14. The fourth-order valence-electron chi connectivity index (χ4n) is 2.12. The van der Waals surface area contributed by atoms with Gasteiger partial charge in [-0.15, -0.1) is 11.3 Å². The number of thiophene rings is 1. The van der Waals surface area contributed by atoms with Gasteiger partial charge in [0.05, 0.1) is 4.92 Å². The van der Waals surface area contributed by atoms with Crippen molar-refractivity contribution in [1.82, 2.24) is 0 Å². The Morgan fingerprint density at radius 3 is 2.81 bits per heavy atom. The summed E-state index contributed by atoms with van der Waals surface area (Å²) in [6.07, 6.45) is 0. The van der Waals surface area contributed by atoms with Crippen molar-refractivity contribution in [3.05, 3.63) is 68.0 Å². The van der Waals surface area contributed by atoms with E-state index in [0.717, 1.165) is 5.69 Å². The molecule has 2 aromatic carbocycles. The van der Waals surface area contributed by atoms with Gasteiger partial charge in [0.25, 0.3) is 5.69 Å². The van der Waals surface area contributed by atoms with E-state index in [1.54, 1.807) is 17.4 Å². The van der Waals surface area contributed by atoms with Crippen LogP contribution in [0.25, 0.3) is 10.1 Å². The third-order valence-electron chi connectivity index (χ3n) is 3.19. The number of halogens is 1. The monoisotopic (exact) mass is 362 g/mol. The number of nitrogens with zero attached hydrogens (tertiary/aromatic N) is 1. The Morgan fingerprint density at radius 2 is 2.05 bits per heavy atom. The number of non-ortho nitro benzene ring substituents is 1. The van der Waals surface area contributed by atoms with Crippen LogP contribution in [0, 0.1) is 10.1 Å². The van der Waals surface area contributed by atoms with Crippen molar-refractivity contribution in [2.45, 2.75) is 6.54 Å². The molecule has 0 aliphatic carbocycles. The van der Waals surface area contributed by atoms with Crippen LogP contribution in [0.1, 0.15) is 5.56 Å². The summed E-state index contributed by atoms with van der Waals surface area (Å²) < 4.78 is 1.95. The zero-order valence-electron chi connectivity index (χ0n) is 10.9. The largest absolute Gasteiger partial charge is 0.380 e. The second kappa shape index (κ2) is 5.83. The number of nitro benzene ring substituents is 1. The van der Waals surface area contributed by atoms with Crippen LogP contribution in [-0.4, -0.2) is 4.92 Å². The molecular weight excluding hydrogens is 352 g/mol. The van der Waals surface area contributed by atoms with Gasteiger partial charge in [-0.1, -0.05) is 18.2 Å². The minimum atomic E-state index is -0.402. The number of nitrogens with one attached hydrogen (secondary N) is 1. The van der Waals surface area contributed by atoms with Gasteiger partial charge in [-0.3, -0.25) is 10.1 Å². The summed E-state index contributed by atoms with van der Waals surface area (Å²) in [5.74, 6) is 0. The first-order chi connectivity index (χ1) is 10.1. The van der Waals surface area contributed by atoms with Crippen LogP contribution >= 0.6 is 27.3 Å². The summed E-state index contributed by atoms with van der Waals surface area (Å²) in [7, 11) is 0. The van der Waals surface area contributed by atoms with Crippen LogP contribution in [0.5, 0.6) is 0 Å². The van der Waals surface area contributed by atoms with E-state index in [9.17, 15) is 10.1 Å². The predicted octanol–water partition coefficient (Wildman–Crippen LogP) is 5.18. The number of hydrogen-bond acceptors (Lipinski definition) is 4. The van der Waals surface area contributed by atoms with E-state index < -0.39 is 4.92 Å². The van der Waals surface area contributed by atoms with Crippen molar-refractivity contribution in [2.24, 2.45) is 0 Å². The van der Waals surface area contributed by atoms with E-state index in [0.29, 0.717) is 11.0 Å². The number of benzene rings is 2. The van der Waals surface area contributed by atoms with Crippen LogP contribution in [0.3, 0.4) is 0 Å². The predicted molar refractivity (Wildman–Crippen MR) is 89.9 cm³/mol. The molecule has 0 amide bonds. The number of fused-ring (bicyclic) bond motifs is 1. The number of rotatable bonds is 4. The Kier molecular flexibility index (Phi) is 3.90. The summed E-state index contributed by atoms with van der Waals surface area (Å²) in [4.78, 5) is 10.3. The maximum Gasteiger partial charge on any atom is 0.270 e. The Morgan fingerprint density at radius 1 is 1.24 bits per heavy atom. The van der Waals surface area contributed by atoms with Gasteiger partial charge in [0.1, 0.15) is 0 Å². The first-order valence-corrected chi connectivity index (χ1v) is 7.95. The standard InChI is InChI=1S/C15H11BrN2O2S/c16-13-7-11(18(19)20)5-6-14(13)17-8-10-9-21-15-4-2-1-3-12(10)15/h1-7,9,17H,8H2. The molecule has 1 N–H and O–H groups in total. The molecule has 0 saturated carbocycles. The molecular formula is C15H11BrN2O2S.